The summed E-state index contributed by atoms with van der Waals surface area (Å²) >= 11 is 0. The van der Waals surface area contributed by atoms with Crippen molar-refractivity contribution in [2.45, 2.75) is 53.1 Å². The Morgan fingerprint density at radius 1 is 1.25 bits per heavy atom. The SMILES string of the molecule is CCCCOCCOc1cc(C)ncc1CNC(C)C. The molecular weight excluding hydrogens is 252 g/mol. The summed E-state index contributed by atoms with van der Waals surface area (Å²) in [7, 11) is 0. The zero-order chi connectivity index (χ0) is 14.8. The van der Waals surface area contributed by atoms with E-state index >= 15 is 0 Å². The molecule has 20 heavy (non-hydrogen) atoms. The van der Waals surface area contributed by atoms with E-state index in [4.69, 9.17) is 9.47 Å². The Hall–Kier alpha value is -1.13. The highest BCUT2D eigenvalue weighted by Crippen LogP contribution is 2.18. The van der Waals surface area contributed by atoms with Crippen LogP contribution in [0.4, 0.5) is 0 Å². The van der Waals surface area contributed by atoms with E-state index in [9.17, 15) is 0 Å². The van der Waals surface area contributed by atoms with E-state index in [0.29, 0.717) is 19.3 Å². The van der Waals surface area contributed by atoms with Gasteiger partial charge in [0.1, 0.15) is 12.4 Å². The molecule has 0 atom stereocenters. The molecule has 4 heteroatoms. The van der Waals surface area contributed by atoms with E-state index in [2.05, 4.69) is 31.1 Å². The Balaban J connectivity index is 2.43. The normalized spacial score (nSPS) is 11.1. The predicted octanol–water partition coefficient (Wildman–Crippen LogP) is 3.08. The Morgan fingerprint density at radius 3 is 2.75 bits per heavy atom. The summed E-state index contributed by atoms with van der Waals surface area (Å²) < 4.78 is 11.3. The second-order valence-corrected chi connectivity index (χ2v) is 5.28. The standard InChI is InChI=1S/C16H28N2O2/c1-5-6-7-19-8-9-20-16-10-14(4)18-12-15(16)11-17-13(2)3/h10,12-13,17H,5-9,11H2,1-4H3. The lowest BCUT2D eigenvalue weighted by Gasteiger charge is -2.14. The van der Waals surface area contributed by atoms with Crippen LogP contribution in [0.15, 0.2) is 12.3 Å². The van der Waals surface area contributed by atoms with Crippen LogP contribution < -0.4 is 10.1 Å². The van der Waals surface area contributed by atoms with E-state index < -0.39 is 0 Å². The molecule has 0 fully saturated rings. The molecule has 4 nitrogen and oxygen atoms in total. The summed E-state index contributed by atoms with van der Waals surface area (Å²) in [5.74, 6) is 0.907. The highest BCUT2D eigenvalue weighted by atomic mass is 16.5. The second kappa shape index (κ2) is 9.72. The number of rotatable bonds is 10. The molecule has 1 N–H and O–H groups in total. The van der Waals surface area contributed by atoms with Crippen LogP contribution in [0, 0.1) is 6.92 Å². The highest BCUT2D eigenvalue weighted by Gasteiger charge is 2.06. The molecule has 1 rings (SSSR count). The molecular formula is C16H28N2O2. The summed E-state index contributed by atoms with van der Waals surface area (Å²) in [5, 5.41) is 3.39. The Morgan fingerprint density at radius 2 is 2.05 bits per heavy atom. The molecule has 0 saturated carbocycles. The van der Waals surface area contributed by atoms with Crippen molar-refractivity contribution in [2.75, 3.05) is 19.8 Å². The number of aromatic nitrogens is 1. The number of nitrogens with zero attached hydrogens (tertiary/aromatic N) is 1. The first-order chi connectivity index (χ1) is 9.63. The lowest BCUT2D eigenvalue weighted by atomic mass is 10.2. The van der Waals surface area contributed by atoms with Crippen molar-refractivity contribution in [3.8, 4) is 5.75 Å². The van der Waals surface area contributed by atoms with Crippen LogP contribution in [-0.2, 0) is 11.3 Å². The molecule has 1 heterocycles. The first kappa shape index (κ1) is 16.9. The average molecular weight is 280 g/mol. The predicted molar refractivity (Wildman–Crippen MR) is 82.2 cm³/mol. The average Bonchev–Trinajstić information content (AvgIpc) is 2.41. The zero-order valence-electron chi connectivity index (χ0n) is 13.2. The molecule has 0 amide bonds. The van der Waals surface area contributed by atoms with Gasteiger partial charge >= 0.3 is 0 Å². The molecule has 1 aromatic heterocycles. The first-order valence-corrected chi connectivity index (χ1v) is 7.53. The summed E-state index contributed by atoms with van der Waals surface area (Å²) in [5.41, 5.74) is 2.07. The molecule has 0 saturated heterocycles. The van der Waals surface area contributed by atoms with Gasteiger partial charge in [0.05, 0.1) is 6.61 Å². The maximum absolute atomic E-state index is 5.83. The van der Waals surface area contributed by atoms with Crippen LogP contribution in [-0.4, -0.2) is 30.8 Å². The minimum Gasteiger partial charge on any atom is -0.491 e. The largest absolute Gasteiger partial charge is 0.491 e. The van der Waals surface area contributed by atoms with Crippen LogP contribution >= 0.6 is 0 Å². The van der Waals surface area contributed by atoms with E-state index in [1.165, 1.54) is 0 Å². The molecule has 0 aliphatic heterocycles. The molecule has 0 unspecified atom stereocenters. The van der Waals surface area contributed by atoms with Gasteiger partial charge in [-0.3, -0.25) is 4.98 Å². The maximum atomic E-state index is 5.83. The van der Waals surface area contributed by atoms with Crippen molar-refractivity contribution in [3.63, 3.8) is 0 Å². The first-order valence-electron chi connectivity index (χ1n) is 7.53. The second-order valence-electron chi connectivity index (χ2n) is 5.28. The van der Waals surface area contributed by atoms with E-state index in [1.807, 2.05) is 19.2 Å². The van der Waals surface area contributed by atoms with E-state index in [1.54, 1.807) is 0 Å². The fraction of sp³-hybridized carbons (Fsp3) is 0.688. The highest BCUT2D eigenvalue weighted by molar-refractivity contribution is 5.32. The smallest absolute Gasteiger partial charge is 0.127 e. The molecule has 1 aromatic rings. The lowest BCUT2D eigenvalue weighted by Crippen LogP contribution is -2.22. The van der Waals surface area contributed by atoms with Crippen molar-refractivity contribution in [2.24, 2.45) is 0 Å². The van der Waals surface area contributed by atoms with Crippen LogP contribution in [0.3, 0.4) is 0 Å². The number of ether oxygens (including phenoxy) is 2. The number of hydrogen-bond donors (Lipinski definition) is 1. The van der Waals surface area contributed by atoms with Crippen molar-refractivity contribution in [1.82, 2.24) is 10.3 Å². The van der Waals surface area contributed by atoms with Crippen molar-refractivity contribution < 1.29 is 9.47 Å². The summed E-state index contributed by atoms with van der Waals surface area (Å²) in [6, 6.07) is 2.44. The third kappa shape index (κ3) is 6.87. The van der Waals surface area contributed by atoms with Gasteiger partial charge < -0.3 is 14.8 Å². The summed E-state index contributed by atoms with van der Waals surface area (Å²) in [6.07, 6.45) is 4.16. The molecule has 0 radical (unpaired) electrons. The summed E-state index contributed by atoms with van der Waals surface area (Å²) in [6.45, 7) is 11.2. The monoisotopic (exact) mass is 280 g/mol. The maximum Gasteiger partial charge on any atom is 0.127 e. The van der Waals surface area contributed by atoms with Crippen LogP contribution in [0.25, 0.3) is 0 Å². The van der Waals surface area contributed by atoms with Gasteiger partial charge in [-0.05, 0) is 13.3 Å². The number of aryl methyl sites for hydroxylation is 1. The Labute approximate surface area is 122 Å². The minimum atomic E-state index is 0.446. The van der Waals surface area contributed by atoms with Gasteiger partial charge in [0.25, 0.3) is 0 Å². The quantitative estimate of drug-likeness (QED) is 0.669. The molecule has 114 valence electrons. The molecule has 0 aromatic carbocycles. The van der Waals surface area contributed by atoms with Gasteiger partial charge in [-0.25, -0.2) is 0 Å². The zero-order valence-corrected chi connectivity index (χ0v) is 13.2. The van der Waals surface area contributed by atoms with Gasteiger partial charge in [0.15, 0.2) is 0 Å². The fourth-order valence-corrected chi connectivity index (χ4v) is 1.70. The van der Waals surface area contributed by atoms with Gasteiger partial charge in [-0.1, -0.05) is 27.2 Å². The minimum absolute atomic E-state index is 0.446. The van der Waals surface area contributed by atoms with Gasteiger partial charge in [0.2, 0.25) is 0 Å². The number of hydrogen-bond acceptors (Lipinski definition) is 4. The fourth-order valence-electron chi connectivity index (χ4n) is 1.70. The third-order valence-electron chi connectivity index (χ3n) is 2.91. The van der Waals surface area contributed by atoms with Crippen molar-refractivity contribution in [3.05, 3.63) is 23.5 Å². The Kier molecular flexibility index (Phi) is 8.23. The molecule has 0 spiro atoms. The van der Waals surface area contributed by atoms with Crippen LogP contribution in [0.1, 0.15) is 44.9 Å². The van der Waals surface area contributed by atoms with E-state index in [0.717, 1.165) is 43.0 Å². The summed E-state index contributed by atoms with van der Waals surface area (Å²) in [4.78, 5) is 4.34. The lowest BCUT2D eigenvalue weighted by molar-refractivity contribution is 0.0976. The third-order valence-corrected chi connectivity index (χ3v) is 2.91. The Bertz CT molecular complexity index is 381. The number of pyridine rings is 1. The van der Waals surface area contributed by atoms with Crippen LogP contribution in [0.2, 0.25) is 0 Å². The van der Waals surface area contributed by atoms with Gasteiger partial charge in [-0.15, -0.1) is 0 Å². The van der Waals surface area contributed by atoms with Crippen molar-refractivity contribution >= 4 is 0 Å². The number of nitrogens with one attached hydrogen (secondary N) is 1. The van der Waals surface area contributed by atoms with Crippen molar-refractivity contribution in [1.29, 1.82) is 0 Å². The van der Waals surface area contributed by atoms with Gasteiger partial charge in [0, 0.05) is 42.7 Å². The van der Waals surface area contributed by atoms with E-state index in [-0.39, 0.29) is 0 Å². The topological polar surface area (TPSA) is 43.4 Å². The molecule has 0 bridgehead atoms. The van der Waals surface area contributed by atoms with Crippen LogP contribution in [0.5, 0.6) is 5.75 Å². The van der Waals surface area contributed by atoms with Gasteiger partial charge in [-0.2, -0.15) is 0 Å². The molecule has 0 aliphatic rings. The number of unbranched alkanes of at least 4 members (excludes halogenated alkanes) is 1. The molecule has 0 aliphatic carbocycles.